The van der Waals surface area contributed by atoms with Gasteiger partial charge in [-0.3, -0.25) is 4.90 Å². The number of amides is 1. The van der Waals surface area contributed by atoms with E-state index in [9.17, 15) is 9.59 Å². The van der Waals surface area contributed by atoms with Crippen molar-refractivity contribution in [3.63, 3.8) is 0 Å². The normalized spacial score (nSPS) is 18.5. The Morgan fingerprint density at radius 3 is 2.89 bits per heavy atom. The van der Waals surface area contributed by atoms with Crippen molar-refractivity contribution in [2.45, 2.75) is 32.0 Å². The molecule has 0 spiro atoms. The van der Waals surface area contributed by atoms with Crippen LogP contribution in [0.5, 0.6) is 0 Å². The van der Waals surface area contributed by atoms with E-state index in [0.29, 0.717) is 13.0 Å². The molecule has 0 saturated carbocycles. The maximum Gasteiger partial charge on any atom is 0.411 e. The highest BCUT2D eigenvalue weighted by Crippen LogP contribution is 2.19. The molecule has 19 heavy (non-hydrogen) atoms. The molecule has 1 aliphatic rings. The van der Waals surface area contributed by atoms with Gasteiger partial charge >= 0.3 is 6.09 Å². The Balaban J connectivity index is 1.92. The molecule has 5 nitrogen and oxygen atoms in total. The first kappa shape index (κ1) is 13.3. The van der Waals surface area contributed by atoms with Crippen molar-refractivity contribution in [2.75, 3.05) is 6.54 Å². The third kappa shape index (κ3) is 3.66. The molecule has 1 amide bonds. The summed E-state index contributed by atoms with van der Waals surface area (Å²) in [4.78, 5) is 27.5. The molecule has 100 valence electrons. The van der Waals surface area contributed by atoms with Crippen LogP contribution in [-0.2, 0) is 16.1 Å². The van der Waals surface area contributed by atoms with Crippen molar-refractivity contribution in [1.29, 1.82) is 0 Å². The SMILES string of the molecule is O=C=NC1CCCCN1C(=O)OCc1ccccc1. The van der Waals surface area contributed by atoms with Gasteiger partial charge in [-0.15, -0.1) is 0 Å². The Labute approximate surface area is 111 Å². The lowest BCUT2D eigenvalue weighted by Gasteiger charge is -2.31. The van der Waals surface area contributed by atoms with Gasteiger partial charge in [-0.25, -0.2) is 9.59 Å². The maximum atomic E-state index is 12.0. The van der Waals surface area contributed by atoms with Crippen LogP contribution in [0.15, 0.2) is 35.3 Å². The number of piperidine rings is 1. The zero-order valence-corrected chi connectivity index (χ0v) is 10.6. The second-order valence-corrected chi connectivity index (χ2v) is 4.43. The molecule has 0 N–H and O–H groups in total. The van der Waals surface area contributed by atoms with Crippen LogP contribution in [-0.4, -0.2) is 29.8 Å². The fourth-order valence-corrected chi connectivity index (χ4v) is 2.12. The van der Waals surface area contributed by atoms with Crippen molar-refractivity contribution < 1.29 is 14.3 Å². The minimum Gasteiger partial charge on any atom is -0.444 e. The molecule has 2 rings (SSSR count). The molecule has 1 heterocycles. The first-order valence-electron chi connectivity index (χ1n) is 6.35. The predicted octanol–water partition coefficient (Wildman–Crippen LogP) is 2.47. The Morgan fingerprint density at radius 2 is 2.16 bits per heavy atom. The highest BCUT2D eigenvalue weighted by Gasteiger charge is 2.27. The fourth-order valence-electron chi connectivity index (χ4n) is 2.12. The molecule has 5 heteroatoms. The summed E-state index contributed by atoms with van der Waals surface area (Å²) in [5.74, 6) is 0. The molecule has 1 aromatic carbocycles. The number of ether oxygens (including phenoxy) is 1. The number of aliphatic imine (C=N–C) groups is 1. The van der Waals surface area contributed by atoms with E-state index in [4.69, 9.17) is 4.74 Å². The number of benzene rings is 1. The molecule has 0 bridgehead atoms. The lowest BCUT2D eigenvalue weighted by Crippen LogP contribution is -2.42. The van der Waals surface area contributed by atoms with Gasteiger partial charge in [0.05, 0.1) is 0 Å². The topological polar surface area (TPSA) is 59.0 Å². The van der Waals surface area contributed by atoms with Crippen molar-refractivity contribution in [2.24, 2.45) is 4.99 Å². The molecular weight excluding hydrogens is 244 g/mol. The zero-order chi connectivity index (χ0) is 13.5. The lowest BCUT2D eigenvalue weighted by atomic mass is 10.1. The summed E-state index contributed by atoms with van der Waals surface area (Å²) in [6.45, 7) is 0.803. The average molecular weight is 260 g/mol. The van der Waals surface area contributed by atoms with Crippen LogP contribution in [0.25, 0.3) is 0 Å². The van der Waals surface area contributed by atoms with E-state index in [1.54, 1.807) is 0 Å². The third-order valence-electron chi connectivity index (χ3n) is 3.11. The van der Waals surface area contributed by atoms with Crippen LogP contribution in [0.3, 0.4) is 0 Å². The summed E-state index contributed by atoms with van der Waals surface area (Å²) in [5.41, 5.74) is 0.934. The van der Waals surface area contributed by atoms with E-state index in [1.807, 2.05) is 30.3 Å². The lowest BCUT2D eigenvalue weighted by molar-refractivity contribution is 0.0701. The summed E-state index contributed by atoms with van der Waals surface area (Å²) < 4.78 is 5.24. The average Bonchev–Trinajstić information content (AvgIpc) is 2.47. The number of hydrogen-bond donors (Lipinski definition) is 0. The number of hydrogen-bond acceptors (Lipinski definition) is 4. The minimum atomic E-state index is -0.424. The van der Waals surface area contributed by atoms with E-state index >= 15 is 0 Å². The predicted molar refractivity (Wildman–Crippen MR) is 69.1 cm³/mol. The Bertz CT molecular complexity index is 469. The largest absolute Gasteiger partial charge is 0.444 e. The molecule has 1 saturated heterocycles. The molecule has 1 fully saturated rings. The number of carbonyl (C=O) groups excluding carboxylic acids is 2. The summed E-state index contributed by atoms with van der Waals surface area (Å²) in [5, 5.41) is 0. The minimum absolute atomic E-state index is 0.230. The van der Waals surface area contributed by atoms with Crippen LogP contribution in [0.4, 0.5) is 4.79 Å². The number of likely N-dealkylation sites (tertiary alicyclic amines) is 1. The quantitative estimate of drug-likeness (QED) is 0.619. The van der Waals surface area contributed by atoms with E-state index < -0.39 is 12.3 Å². The van der Waals surface area contributed by atoms with Crippen molar-refractivity contribution in [3.8, 4) is 0 Å². The summed E-state index contributed by atoms with van der Waals surface area (Å²) >= 11 is 0. The summed E-state index contributed by atoms with van der Waals surface area (Å²) in [6.07, 6.45) is 3.23. The first-order valence-corrected chi connectivity index (χ1v) is 6.35. The highest BCUT2D eigenvalue weighted by atomic mass is 16.6. The van der Waals surface area contributed by atoms with Gasteiger partial charge in [0, 0.05) is 6.54 Å². The highest BCUT2D eigenvalue weighted by molar-refractivity contribution is 5.68. The van der Waals surface area contributed by atoms with Gasteiger partial charge in [0.1, 0.15) is 12.8 Å². The van der Waals surface area contributed by atoms with E-state index in [-0.39, 0.29) is 6.61 Å². The molecule has 1 atom stereocenters. The molecule has 1 aliphatic heterocycles. The number of isocyanates is 1. The Hall–Kier alpha value is -2.13. The van der Waals surface area contributed by atoms with Crippen LogP contribution in [0.1, 0.15) is 24.8 Å². The van der Waals surface area contributed by atoms with Crippen LogP contribution >= 0.6 is 0 Å². The second kappa shape index (κ2) is 6.71. The van der Waals surface area contributed by atoms with E-state index in [0.717, 1.165) is 18.4 Å². The second-order valence-electron chi connectivity index (χ2n) is 4.43. The van der Waals surface area contributed by atoms with Gasteiger partial charge in [-0.05, 0) is 24.8 Å². The van der Waals surface area contributed by atoms with Crippen LogP contribution < -0.4 is 0 Å². The molecule has 0 radical (unpaired) electrons. The zero-order valence-electron chi connectivity index (χ0n) is 10.6. The van der Waals surface area contributed by atoms with Gasteiger partial charge < -0.3 is 4.74 Å². The van der Waals surface area contributed by atoms with E-state index in [1.165, 1.54) is 11.0 Å². The van der Waals surface area contributed by atoms with Gasteiger partial charge in [-0.2, -0.15) is 4.99 Å². The van der Waals surface area contributed by atoms with Crippen molar-refractivity contribution in [3.05, 3.63) is 35.9 Å². The molecule has 1 aromatic rings. The first-order chi connectivity index (χ1) is 9.31. The van der Waals surface area contributed by atoms with Crippen LogP contribution in [0.2, 0.25) is 0 Å². The Kier molecular flexibility index (Phi) is 4.70. The number of rotatable bonds is 3. The summed E-state index contributed by atoms with van der Waals surface area (Å²) in [6, 6.07) is 9.48. The monoisotopic (exact) mass is 260 g/mol. The molecule has 0 aliphatic carbocycles. The Morgan fingerprint density at radius 1 is 1.37 bits per heavy atom. The molecule has 0 aromatic heterocycles. The van der Waals surface area contributed by atoms with Gasteiger partial charge in [0.25, 0.3) is 0 Å². The van der Waals surface area contributed by atoms with Gasteiger partial charge in [-0.1, -0.05) is 30.3 Å². The maximum absolute atomic E-state index is 12.0. The fraction of sp³-hybridized carbons (Fsp3) is 0.429. The molecular formula is C14H16N2O3. The molecule has 1 unspecified atom stereocenters. The van der Waals surface area contributed by atoms with Gasteiger partial charge in [0.15, 0.2) is 0 Å². The standard InChI is InChI=1S/C14H16N2O3/c17-11-15-13-8-4-5-9-16(13)14(18)19-10-12-6-2-1-3-7-12/h1-3,6-7,13H,4-5,8-10H2. The van der Waals surface area contributed by atoms with E-state index in [2.05, 4.69) is 4.99 Å². The summed E-state index contributed by atoms with van der Waals surface area (Å²) in [7, 11) is 0. The number of carbonyl (C=O) groups is 1. The van der Waals surface area contributed by atoms with Crippen molar-refractivity contribution >= 4 is 12.2 Å². The third-order valence-corrected chi connectivity index (χ3v) is 3.11. The van der Waals surface area contributed by atoms with Crippen molar-refractivity contribution in [1.82, 2.24) is 4.90 Å². The smallest absolute Gasteiger partial charge is 0.411 e. The number of nitrogens with zero attached hydrogens (tertiary/aromatic N) is 2. The van der Waals surface area contributed by atoms with Gasteiger partial charge in [0.2, 0.25) is 6.08 Å². The van der Waals surface area contributed by atoms with Crippen LogP contribution in [0, 0.1) is 0 Å².